The molecule has 58 heavy (non-hydrogen) atoms. The molecule has 14 nitrogen and oxygen atoms in total. The van der Waals surface area contributed by atoms with Gasteiger partial charge in [0, 0.05) is 6.42 Å². The second-order valence-electron chi connectivity index (χ2n) is 13.8. The van der Waals surface area contributed by atoms with Gasteiger partial charge in [-0.15, -0.1) is 0 Å². The molecule has 2 aliphatic rings. The van der Waals surface area contributed by atoms with Crippen molar-refractivity contribution in [1.29, 1.82) is 0 Å². The van der Waals surface area contributed by atoms with E-state index in [1.165, 1.54) is 12.0 Å². The lowest BCUT2D eigenvalue weighted by Crippen LogP contribution is -2.54. The maximum atomic E-state index is 14.2. The summed E-state index contributed by atoms with van der Waals surface area (Å²) < 4.78 is 27.4. The Morgan fingerprint density at radius 1 is 0.707 bits per heavy atom. The summed E-state index contributed by atoms with van der Waals surface area (Å²) in [5.41, 5.74) is 2.94. The quantitative estimate of drug-likeness (QED) is 0.108. The summed E-state index contributed by atoms with van der Waals surface area (Å²) in [6, 6.07) is 32.5. The molecule has 5 atom stereocenters. The first-order chi connectivity index (χ1) is 28.2. The van der Waals surface area contributed by atoms with E-state index in [0.29, 0.717) is 5.56 Å². The number of carbonyl (C=O) groups is 6. The number of ether oxygens (including phenoxy) is 5. The normalized spacial score (nSPS) is 19.3. The van der Waals surface area contributed by atoms with Crippen LogP contribution in [0.1, 0.15) is 66.5 Å². The number of nitrogens with zero attached hydrogens (tertiary/aromatic N) is 2. The maximum absolute atomic E-state index is 14.2. The third kappa shape index (κ3) is 10.4. The van der Waals surface area contributed by atoms with Crippen molar-refractivity contribution >= 4 is 36.0 Å². The molecule has 4 aromatic carbocycles. The average molecular weight is 792 g/mol. The SMILES string of the molecule is COC(=O)[C@H](CCC[C@@H]1C(=O)O[C@@H](c2ccccc2)[C@@H](c2ccccc2)N1C(=O)OCc1ccccc1)NC(=O)CC[C@@H]1C(=O)OCN1C(=O)OCc1ccccc1. The van der Waals surface area contributed by atoms with E-state index in [1.807, 2.05) is 97.1 Å². The van der Waals surface area contributed by atoms with Gasteiger partial charge < -0.3 is 29.0 Å². The molecular weight excluding hydrogens is 746 g/mol. The number of hydrogen-bond donors (Lipinski definition) is 1. The number of amides is 3. The fourth-order valence-electron chi connectivity index (χ4n) is 7.03. The molecule has 0 bridgehead atoms. The van der Waals surface area contributed by atoms with Crippen LogP contribution in [-0.2, 0) is 56.1 Å². The van der Waals surface area contributed by atoms with Crippen LogP contribution in [0.5, 0.6) is 0 Å². The summed E-state index contributed by atoms with van der Waals surface area (Å²) in [4.78, 5) is 82.0. The van der Waals surface area contributed by atoms with E-state index in [9.17, 15) is 28.8 Å². The minimum absolute atomic E-state index is 0.00981. The summed E-state index contributed by atoms with van der Waals surface area (Å²) in [5.74, 6) is -2.63. The third-order valence-corrected chi connectivity index (χ3v) is 9.99. The Balaban J connectivity index is 1.13. The van der Waals surface area contributed by atoms with Crippen LogP contribution in [0.3, 0.4) is 0 Å². The number of esters is 3. The third-order valence-electron chi connectivity index (χ3n) is 9.99. The highest BCUT2D eigenvalue weighted by Gasteiger charge is 2.48. The predicted molar refractivity (Wildman–Crippen MR) is 207 cm³/mol. The predicted octanol–water partition coefficient (Wildman–Crippen LogP) is 6.16. The van der Waals surface area contributed by atoms with Crippen LogP contribution in [0.25, 0.3) is 0 Å². The van der Waals surface area contributed by atoms with Crippen molar-refractivity contribution in [1.82, 2.24) is 15.1 Å². The highest BCUT2D eigenvalue weighted by atomic mass is 16.6. The summed E-state index contributed by atoms with van der Waals surface area (Å²) in [5, 5.41) is 2.66. The van der Waals surface area contributed by atoms with E-state index in [1.54, 1.807) is 24.3 Å². The molecule has 2 saturated heterocycles. The molecule has 0 aromatic heterocycles. The van der Waals surface area contributed by atoms with E-state index in [-0.39, 0.29) is 52.0 Å². The molecule has 0 radical (unpaired) electrons. The molecule has 0 saturated carbocycles. The topological polar surface area (TPSA) is 167 Å². The number of carbonyl (C=O) groups excluding carboxylic acids is 6. The monoisotopic (exact) mass is 791 g/mol. The van der Waals surface area contributed by atoms with Crippen molar-refractivity contribution in [3.63, 3.8) is 0 Å². The van der Waals surface area contributed by atoms with E-state index < -0.39 is 66.3 Å². The van der Waals surface area contributed by atoms with Crippen molar-refractivity contribution in [2.24, 2.45) is 0 Å². The van der Waals surface area contributed by atoms with E-state index >= 15 is 0 Å². The van der Waals surface area contributed by atoms with Crippen LogP contribution in [0.15, 0.2) is 121 Å². The standard InChI is InChI=1S/C44H45N3O11/c1-54-40(49)34(45-37(48)26-25-35-41(50)57-29-46(35)43(52)55-27-30-15-6-2-7-16-30)23-14-24-36-42(51)58-39(33-21-12-5-13-22-33)38(32-19-10-4-11-20-32)47(36)44(53)56-28-31-17-8-3-9-18-31/h2-13,15-22,34-36,38-39H,14,23-29H2,1H3,(H,45,48)/t34-,35+,36+,38+,39-/m0/s1. The van der Waals surface area contributed by atoms with E-state index in [0.717, 1.165) is 21.6 Å². The van der Waals surface area contributed by atoms with Gasteiger partial charge in [0.05, 0.1) is 7.11 Å². The van der Waals surface area contributed by atoms with Gasteiger partial charge in [0.25, 0.3) is 0 Å². The average Bonchev–Trinajstić information content (AvgIpc) is 3.64. The summed E-state index contributed by atoms with van der Waals surface area (Å²) in [7, 11) is 1.19. The summed E-state index contributed by atoms with van der Waals surface area (Å²) in [6.07, 6.45) is -2.38. The van der Waals surface area contributed by atoms with Crippen molar-refractivity contribution in [3.8, 4) is 0 Å². The Morgan fingerprint density at radius 3 is 1.84 bits per heavy atom. The zero-order valence-corrected chi connectivity index (χ0v) is 32.0. The van der Waals surface area contributed by atoms with Crippen molar-refractivity contribution < 1.29 is 52.5 Å². The zero-order valence-electron chi connectivity index (χ0n) is 32.0. The molecule has 0 spiro atoms. The highest BCUT2D eigenvalue weighted by molar-refractivity contribution is 5.87. The lowest BCUT2D eigenvalue weighted by molar-refractivity contribution is -0.173. The number of hydrogen-bond acceptors (Lipinski definition) is 11. The molecule has 302 valence electrons. The van der Waals surface area contributed by atoms with Gasteiger partial charge in [-0.1, -0.05) is 121 Å². The lowest BCUT2D eigenvalue weighted by atomic mass is 9.90. The molecular formula is C44H45N3O11. The number of methoxy groups -OCH3 is 1. The minimum atomic E-state index is -1.12. The summed E-state index contributed by atoms with van der Waals surface area (Å²) in [6.45, 7) is -0.359. The van der Waals surface area contributed by atoms with Gasteiger partial charge >= 0.3 is 30.1 Å². The highest BCUT2D eigenvalue weighted by Crippen LogP contribution is 2.43. The number of benzene rings is 4. The largest absolute Gasteiger partial charge is 0.467 e. The molecule has 3 amide bonds. The first kappa shape index (κ1) is 40.9. The Hall–Kier alpha value is -6.70. The number of morpholine rings is 1. The second-order valence-corrected chi connectivity index (χ2v) is 13.8. The molecule has 2 aliphatic heterocycles. The molecule has 2 fully saturated rings. The van der Waals surface area contributed by atoms with Gasteiger partial charge in [0.15, 0.2) is 12.8 Å². The van der Waals surface area contributed by atoms with Crippen molar-refractivity contribution in [3.05, 3.63) is 144 Å². The first-order valence-electron chi connectivity index (χ1n) is 19.0. The number of cyclic esters (lactones) is 2. The van der Waals surface area contributed by atoms with Gasteiger partial charge in [-0.3, -0.25) is 14.6 Å². The smallest absolute Gasteiger partial charge is 0.413 e. The Kier molecular flexibility index (Phi) is 14.1. The van der Waals surface area contributed by atoms with Gasteiger partial charge in [0.2, 0.25) is 5.91 Å². The number of nitrogens with one attached hydrogen (secondary N) is 1. The van der Waals surface area contributed by atoms with Crippen LogP contribution in [0.2, 0.25) is 0 Å². The van der Waals surface area contributed by atoms with Crippen molar-refractivity contribution in [2.75, 3.05) is 13.8 Å². The molecule has 0 aliphatic carbocycles. The fourth-order valence-corrected chi connectivity index (χ4v) is 7.03. The molecule has 2 heterocycles. The maximum Gasteiger partial charge on any atom is 0.413 e. The van der Waals surface area contributed by atoms with Crippen LogP contribution >= 0.6 is 0 Å². The Labute approximate surface area is 335 Å². The van der Waals surface area contributed by atoms with Gasteiger partial charge in [-0.2, -0.15) is 0 Å². The summed E-state index contributed by atoms with van der Waals surface area (Å²) >= 11 is 0. The minimum Gasteiger partial charge on any atom is -0.467 e. The molecule has 1 N–H and O–H groups in total. The van der Waals surface area contributed by atoms with Crippen LogP contribution in [0.4, 0.5) is 9.59 Å². The zero-order chi connectivity index (χ0) is 40.9. The van der Waals surface area contributed by atoms with E-state index in [2.05, 4.69) is 5.32 Å². The first-order valence-corrected chi connectivity index (χ1v) is 19.0. The van der Waals surface area contributed by atoms with Crippen LogP contribution in [-0.4, -0.2) is 77.8 Å². The number of rotatable bonds is 15. The molecule has 0 unspecified atom stereocenters. The molecule has 14 heteroatoms. The lowest BCUT2D eigenvalue weighted by Gasteiger charge is -2.44. The van der Waals surface area contributed by atoms with Gasteiger partial charge in [0.1, 0.15) is 37.4 Å². The van der Waals surface area contributed by atoms with Gasteiger partial charge in [-0.25, -0.2) is 24.0 Å². The molecule has 4 aromatic rings. The Bertz CT molecular complexity index is 2020. The second kappa shape index (κ2) is 19.9. The molecule has 6 rings (SSSR count). The van der Waals surface area contributed by atoms with Crippen LogP contribution < -0.4 is 5.32 Å². The van der Waals surface area contributed by atoms with Crippen molar-refractivity contribution in [2.45, 2.75) is 75.6 Å². The van der Waals surface area contributed by atoms with E-state index in [4.69, 9.17) is 23.7 Å². The van der Waals surface area contributed by atoms with Crippen LogP contribution in [0, 0.1) is 0 Å². The van der Waals surface area contributed by atoms with Gasteiger partial charge in [-0.05, 0) is 47.9 Å². The Morgan fingerprint density at radius 2 is 1.26 bits per heavy atom. The fraction of sp³-hybridized carbons (Fsp3) is 0.318.